The van der Waals surface area contributed by atoms with Gasteiger partial charge in [-0.15, -0.1) is 0 Å². The molecule has 1 aliphatic carbocycles. The number of fused-ring (bicyclic) bond motifs is 1. The Kier molecular flexibility index (Phi) is 3.69. The first-order chi connectivity index (χ1) is 9.17. The average molecular weight is 295 g/mol. The van der Waals surface area contributed by atoms with Crippen LogP contribution in [0.4, 0.5) is 0 Å². The Labute approximate surface area is 120 Å². The number of aromatic nitrogens is 1. The first-order valence-corrected chi connectivity index (χ1v) is 8.26. The standard InChI is InChI=1S/C14H21N3O2S/c1-14(2,3)20(18,19)16-12-6-5-7-13-11(12)8-10(9-15)17(13)4/h8,12,16H,5-7H2,1-4H3/t12-/m0/s1. The van der Waals surface area contributed by atoms with Crippen LogP contribution in [0.5, 0.6) is 0 Å². The SMILES string of the molecule is Cn1c(C#N)cc2c1CCC[C@@H]2NS(=O)(=O)C(C)(C)C. The van der Waals surface area contributed by atoms with Gasteiger partial charge in [-0.05, 0) is 51.7 Å². The summed E-state index contributed by atoms with van der Waals surface area (Å²) in [6.45, 7) is 5.06. The van der Waals surface area contributed by atoms with Gasteiger partial charge in [-0.1, -0.05) is 0 Å². The highest BCUT2D eigenvalue weighted by Gasteiger charge is 2.34. The number of hydrogen-bond acceptors (Lipinski definition) is 3. The second kappa shape index (κ2) is 4.90. The quantitative estimate of drug-likeness (QED) is 0.906. The topological polar surface area (TPSA) is 74.9 Å². The van der Waals surface area contributed by atoms with Gasteiger partial charge in [0.15, 0.2) is 0 Å². The molecule has 0 spiro atoms. The van der Waals surface area contributed by atoms with Crippen LogP contribution in [-0.2, 0) is 23.5 Å². The number of rotatable bonds is 2. The number of nitriles is 1. The minimum absolute atomic E-state index is 0.226. The largest absolute Gasteiger partial charge is 0.339 e. The fourth-order valence-electron chi connectivity index (χ4n) is 2.50. The number of nitrogens with one attached hydrogen (secondary N) is 1. The first-order valence-electron chi connectivity index (χ1n) is 6.78. The molecule has 20 heavy (non-hydrogen) atoms. The number of sulfonamides is 1. The van der Waals surface area contributed by atoms with Crippen molar-refractivity contribution < 1.29 is 8.42 Å². The maximum absolute atomic E-state index is 12.3. The molecule has 0 unspecified atom stereocenters. The summed E-state index contributed by atoms with van der Waals surface area (Å²) in [5.74, 6) is 0. The van der Waals surface area contributed by atoms with Crippen molar-refractivity contribution in [1.29, 1.82) is 5.26 Å². The van der Waals surface area contributed by atoms with Crippen LogP contribution in [0.3, 0.4) is 0 Å². The summed E-state index contributed by atoms with van der Waals surface area (Å²) in [5.41, 5.74) is 2.59. The lowest BCUT2D eigenvalue weighted by Gasteiger charge is -2.28. The zero-order valence-electron chi connectivity index (χ0n) is 12.4. The summed E-state index contributed by atoms with van der Waals surface area (Å²) < 4.78 is 28.5. The highest BCUT2D eigenvalue weighted by Crippen LogP contribution is 2.33. The summed E-state index contributed by atoms with van der Waals surface area (Å²) in [4.78, 5) is 0. The molecule has 5 nitrogen and oxygen atoms in total. The summed E-state index contributed by atoms with van der Waals surface area (Å²) in [7, 11) is -1.53. The number of hydrogen-bond donors (Lipinski definition) is 1. The molecule has 1 aromatic heterocycles. The molecule has 1 N–H and O–H groups in total. The lowest BCUT2D eigenvalue weighted by Crippen LogP contribution is -2.42. The van der Waals surface area contributed by atoms with Gasteiger partial charge in [0.25, 0.3) is 0 Å². The maximum atomic E-state index is 12.3. The molecule has 1 aliphatic rings. The van der Waals surface area contributed by atoms with Gasteiger partial charge in [0, 0.05) is 18.8 Å². The van der Waals surface area contributed by atoms with Gasteiger partial charge in [-0.2, -0.15) is 5.26 Å². The second-order valence-electron chi connectivity index (χ2n) is 6.28. The molecule has 6 heteroatoms. The van der Waals surface area contributed by atoms with Crippen LogP contribution >= 0.6 is 0 Å². The number of nitrogens with zero attached hydrogens (tertiary/aromatic N) is 2. The molecule has 0 bridgehead atoms. The molecule has 0 aromatic carbocycles. The Morgan fingerprint density at radius 2 is 2.10 bits per heavy atom. The van der Waals surface area contributed by atoms with Gasteiger partial charge in [-0.3, -0.25) is 0 Å². The molecule has 1 atom stereocenters. The fourth-order valence-corrected chi connectivity index (χ4v) is 3.48. The molecule has 0 aliphatic heterocycles. The Balaban J connectivity index is 2.38. The van der Waals surface area contributed by atoms with Gasteiger partial charge in [0.05, 0.1) is 4.75 Å². The molecule has 1 heterocycles. The Hall–Kier alpha value is -1.32. The van der Waals surface area contributed by atoms with Crippen LogP contribution in [-0.4, -0.2) is 17.7 Å². The van der Waals surface area contributed by atoms with Crippen molar-refractivity contribution >= 4 is 10.0 Å². The molecule has 2 rings (SSSR count). The highest BCUT2D eigenvalue weighted by atomic mass is 32.2. The van der Waals surface area contributed by atoms with E-state index in [9.17, 15) is 8.42 Å². The minimum atomic E-state index is -3.39. The van der Waals surface area contributed by atoms with Crippen molar-refractivity contribution in [2.45, 2.75) is 50.8 Å². The third-order valence-electron chi connectivity index (χ3n) is 3.89. The van der Waals surface area contributed by atoms with E-state index in [0.717, 1.165) is 30.5 Å². The third kappa shape index (κ3) is 2.48. The van der Waals surface area contributed by atoms with Crippen molar-refractivity contribution in [2.75, 3.05) is 0 Å². The van der Waals surface area contributed by atoms with Crippen molar-refractivity contribution in [3.63, 3.8) is 0 Å². The molecule has 0 fully saturated rings. The molecule has 1 aromatic rings. The molecule has 0 saturated carbocycles. The Morgan fingerprint density at radius 1 is 1.45 bits per heavy atom. The van der Waals surface area contributed by atoms with Crippen LogP contribution in [0.1, 0.15) is 56.6 Å². The summed E-state index contributed by atoms with van der Waals surface area (Å²) in [6, 6.07) is 3.74. The molecule has 0 amide bonds. The van der Waals surface area contributed by atoms with E-state index < -0.39 is 14.8 Å². The van der Waals surface area contributed by atoms with E-state index in [1.165, 1.54) is 0 Å². The molecular formula is C14H21N3O2S. The predicted molar refractivity (Wildman–Crippen MR) is 77.6 cm³/mol. The molecule has 0 saturated heterocycles. The normalized spacial score (nSPS) is 19.4. The van der Waals surface area contributed by atoms with E-state index in [4.69, 9.17) is 5.26 Å². The van der Waals surface area contributed by atoms with Gasteiger partial charge < -0.3 is 4.57 Å². The summed E-state index contributed by atoms with van der Waals surface area (Å²) in [5, 5.41) is 9.11. The smallest absolute Gasteiger partial charge is 0.217 e. The molecule has 110 valence electrons. The second-order valence-corrected chi connectivity index (χ2v) is 8.75. The van der Waals surface area contributed by atoms with E-state index in [2.05, 4.69) is 10.8 Å². The van der Waals surface area contributed by atoms with Crippen molar-refractivity contribution in [2.24, 2.45) is 7.05 Å². The molecule has 0 radical (unpaired) electrons. The first kappa shape index (κ1) is 15.1. The maximum Gasteiger partial charge on any atom is 0.217 e. The van der Waals surface area contributed by atoms with Crippen LogP contribution < -0.4 is 4.72 Å². The molecular weight excluding hydrogens is 274 g/mol. The summed E-state index contributed by atoms with van der Waals surface area (Å²) >= 11 is 0. The van der Waals surface area contributed by atoms with Crippen molar-refractivity contribution in [1.82, 2.24) is 9.29 Å². The predicted octanol–water partition coefficient (Wildman–Crippen LogP) is 1.99. The Bertz CT molecular complexity index is 660. The minimum Gasteiger partial charge on any atom is -0.339 e. The van der Waals surface area contributed by atoms with Gasteiger partial charge in [0.2, 0.25) is 10.0 Å². The summed E-state index contributed by atoms with van der Waals surface area (Å²) in [6.07, 6.45) is 2.59. The van der Waals surface area contributed by atoms with Crippen molar-refractivity contribution in [3.8, 4) is 6.07 Å². The van der Waals surface area contributed by atoms with E-state index >= 15 is 0 Å². The van der Waals surface area contributed by atoms with Crippen LogP contribution in [0.15, 0.2) is 6.07 Å². The fraction of sp³-hybridized carbons (Fsp3) is 0.643. The van der Waals surface area contributed by atoms with Crippen LogP contribution in [0, 0.1) is 11.3 Å². The van der Waals surface area contributed by atoms with E-state index in [-0.39, 0.29) is 6.04 Å². The van der Waals surface area contributed by atoms with Gasteiger partial charge >= 0.3 is 0 Å². The van der Waals surface area contributed by atoms with Crippen molar-refractivity contribution in [3.05, 3.63) is 23.0 Å². The third-order valence-corrected chi connectivity index (χ3v) is 6.10. The zero-order valence-corrected chi connectivity index (χ0v) is 13.2. The Morgan fingerprint density at radius 3 is 2.65 bits per heavy atom. The average Bonchev–Trinajstić information content (AvgIpc) is 2.66. The monoisotopic (exact) mass is 295 g/mol. The highest BCUT2D eigenvalue weighted by molar-refractivity contribution is 7.90. The van der Waals surface area contributed by atoms with Crippen LogP contribution in [0.25, 0.3) is 0 Å². The lowest BCUT2D eigenvalue weighted by molar-refractivity contribution is 0.484. The van der Waals surface area contributed by atoms with E-state index in [0.29, 0.717) is 5.69 Å². The van der Waals surface area contributed by atoms with E-state index in [1.807, 2.05) is 17.7 Å². The van der Waals surface area contributed by atoms with Gasteiger partial charge in [0.1, 0.15) is 11.8 Å². The van der Waals surface area contributed by atoms with Crippen LogP contribution in [0.2, 0.25) is 0 Å². The lowest BCUT2D eigenvalue weighted by atomic mass is 9.93. The van der Waals surface area contributed by atoms with E-state index in [1.54, 1.807) is 20.8 Å². The van der Waals surface area contributed by atoms with Gasteiger partial charge in [-0.25, -0.2) is 13.1 Å². The zero-order chi connectivity index (χ0) is 15.1.